The number of nitrogens with zero attached hydrogens (tertiary/aromatic N) is 8. The third kappa shape index (κ3) is 8.10. The Morgan fingerprint density at radius 2 is 1.85 bits per heavy atom. The number of imidazole rings is 1. The number of amides is 1. The van der Waals surface area contributed by atoms with Gasteiger partial charge in [-0.05, 0) is 85.3 Å². The van der Waals surface area contributed by atoms with Crippen LogP contribution in [0.15, 0.2) is 115 Å². The molecule has 6 aromatic rings. The van der Waals surface area contributed by atoms with Crippen molar-refractivity contribution >= 4 is 23.3 Å². The summed E-state index contributed by atoms with van der Waals surface area (Å²) < 4.78 is 3.89. The Balaban J connectivity index is 1.10. The van der Waals surface area contributed by atoms with Gasteiger partial charge in [0.25, 0.3) is 5.91 Å². The van der Waals surface area contributed by atoms with Gasteiger partial charge in [-0.2, -0.15) is 5.10 Å². The molecule has 1 amide bonds. The molecule has 11 nitrogen and oxygen atoms in total. The highest BCUT2D eigenvalue weighted by atomic mass is 16.2. The third-order valence-corrected chi connectivity index (χ3v) is 9.80. The molecule has 7 rings (SSSR count). The van der Waals surface area contributed by atoms with Crippen molar-refractivity contribution in [3.63, 3.8) is 0 Å². The Morgan fingerprint density at radius 1 is 0.981 bits per heavy atom. The van der Waals surface area contributed by atoms with Crippen molar-refractivity contribution in [2.75, 3.05) is 19.6 Å². The van der Waals surface area contributed by atoms with Crippen LogP contribution in [0.4, 0.5) is 0 Å². The second-order valence-electron chi connectivity index (χ2n) is 13.4. The zero-order chi connectivity index (χ0) is 36.6. The van der Waals surface area contributed by atoms with E-state index in [1.54, 1.807) is 18.6 Å². The minimum absolute atomic E-state index is 0.0366. The minimum Gasteiger partial charge on any atom is -0.404 e. The minimum atomic E-state index is -0.0738. The summed E-state index contributed by atoms with van der Waals surface area (Å²) in [6, 6.07) is 26.2. The Bertz CT molecular complexity index is 2190. The average molecular weight is 707 g/mol. The highest BCUT2D eigenvalue weighted by Crippen LogP contribution is 2.29. The molecule has 1 aliphatic heterocycles. The number of carbonyl (C=O) groups is 1. The summed E-state index contributed by atoms with van der Waals surface area (Å²) in [7, 11) is 0. The van der Waals surface area contributed by atoms with Gasteiger partial charge in [-0.25, -0.2) is 4.98 Å². The summed E-state index contributed by atoms with van der Waals surface area (Å²) in [6.45, 7) is 7.22. The SMILES string of the molecule is CCNC(CC)Cn1ccc(-c2ccc(Cc3ccn4c(C(=O)N5CCC[C@H]5CN=C/C(=C\N)c5ccccc5)c(-c5ccccn5)nc4c3)cn2)n1. The van der Waals surface area contributed by atoms with E-state index in [9.17, 15) is 4.79 Å². The van der Waals surface area contributed by atoms with Crippen LogP contribution in [0.5, 0.6) is 0 Å². The summed E-state index contributed by atoms with van der Waals surface area (Å²) in [6.07, 6.45) is 14.5. The fourth-order valence-corrected chi connectivity index (χ4v) is 7.00. The number of allylic oxidation sites excluding steroid dienone is 1. The van der Waals surface area contributed by atoms with Crippen LogP contribution in [-0.2, 0) is 13.0 Å². The molecule has 5 aromatic heterocycles. The summed E-state index contributed by atoms with van der Waals surface area (Å²) in [5, 5.41) is 8.28. The number of hydrogen-bond donors (Lipinski definition) is 2. The highest BCUT2D eigenvalue weighted by molar-refractivity contribution is 6.09. The smallest absolute Gasteiger partial charge is 0.273 e. The van der Waals surface area contributed by atoms with Crippen molar-refractivity contribution in [3.8, 4) is 22.8 Å². The van der Waals surface area contributed by atoms with Crippen molar-refractivity contribution in [3.05, 3.63) is 132 Å². The van der Waals surface area contributed by atoms with Crippen LogP contribution in [0.25, 0.3) is 34.0 Å². The van der Waals surface area contributed by atoms with Crippen LogP contribution in [0.1, 0.15) is 60.3 Å². The van der Waals surface area contributed by atoms with Gasteiger partial charge in [0.1, 0.15) is 22.7 Å². The number of carbonyl (C=O) groups excluding carboxylic acids is 1. The van der Waals surface area contributed by atoms with Crippen molar-refractivity contribution in [1.82, 2.24) is 39.3 Å². The molecule has 53 heavy (non-hydrogen) atoms. The maximum Gasteiger partial charge on any atom is 0.273 e. The fraction of sp³-hybridized carbons (Fsp3) is 0.286. The van der Waals surface area contributed by atoms with Gasteiger partial charge in [-0.1, -0.05) is 56.3 Å². The molecule has 1 aromatic carbocycles. The summed E-state index contributed by atoms with van der Waals surface area (Å²) >= 11 is 0. The number of aromatic nitrogens is 6. The van der Waals surface area contributed by atoms with E-state index in [4.69, 9.17) is 25.8 Å². The molecule has 6 heterocycles. The maximum absolute atomic E-state index is 14.5. The van der Waals surface area contributed by atoms with Crippen LogP contribution < -0.4 is 11.1 Å². The molecule has 3 N–H and O–H groups in total. The van der Waals surface area contributed by atoms with Gasteiger partial charge in [-0.15, -0.1) is 0 Å². The van der Waals surface area contributed by atoms with E-state index in [2.05, 4.69) is 30.2 Å². The zero-order valence-corrected chi connectivity index (χ0v) is 30.3. The fourth-order valence-electron chi connectivity index (χ4n) is 7.00. The number of fused-ring (bicyclic) bond motifs is 1. The van der Waals surface area contributed by atoms with Gasteiger partial charge < -0.3 is 16.0 Å². The van der Waals surface area contributed by atoms with Crippen LogP contribution in [0, 0.1) is 0 Å². The lowest BCUT2D eigenvalue weighted by molar-refractivity contribution is 0.0735. The Labute approximate surface area is 310 Å². The third-order valence-electron chi connectivity index (χ3n) is 9.80. The molecule has 0 saturated carbocycles. The monoisotopic (exact) mass is 706 g/mol. The first kappa shape index (κ1) is 35.5. The quantitative estimate of drug-likeness (QED) is 0.127. The second-order valence-corrected chi connectivity index (χ2v) is 13.4. The topological polar surface area (TPSA) is 132 Å². The van der Waals surface area contributed by atoms with Gasteiger partial charge in [0.2, 0.25) is 0 Å². The van der Waals surface area contributed by atoms with Crippen molar-refractivity contribution in [2.24, 2.45) is 10.7 Å². The standard InChI is InChI=1S/C42H46N10O/c1-3-34(45-4-2)29-50-21-18-37(49-50)36-16-15-31(26-47-36)23-30-17-22-52-39(24-30)48-40(38-14-8-9-19-46-38)41(52)42(53)51-20-10-13-35(51)28-44-27-33(25-43)32-11-6-5-7-12-32/h5-9,11-12,14-19,21-22,24-27,34-35,45H,3-4,10,13,20,23,28-29,43H2,1-2H3/b33-25+,44-27?/t34?,35-/m0/s1. The second kappa shape index (κ2) is 16.6. The molecule has 0 aliphatic carbocycles. The van der Waals surface area contributed by atoms with Crippen molar-refractivity contribution < 1.29 is 4.79 Å². The molecule has 1 unspecified atom stereocenters. The molecule has 11 heteroatoms. The number of aliphatic imine (C=N–C) groups is 1. The van der Waals surface area contributed by atoms with Gasteiger partial charge in [0, 0.05) is 55.4 Å². The van der Waals surface area contributed by atoms with E-state index in [0.29, 0.717) is 48.3 Å². The van der Waals surface area contributed by atoms with Crippen LogP contribution in [-0.4, -0.2) is 77.9 Å². The lowest BCUT2D eigenvalue weighted by Gasteiger charge is -2.23. The zero-order valence-electron chi connectivity index (χ0n) is 30.3. The van der Waals surface area contributed by atoms with Crippen molar-refractivity contribution in [1.29, 1.82) is 0 Å². The van der Waals surface area contributed by atoms with E-state index >= 15 is 0 Å². The molecule has 1 saturated heterocycles. The predicted molar refractivity (Wildman–Crippen MR) is 210 cm³/mol. The number of nitrogens with two attached hydrogens (primary N) is 1. The summed E-state index contributed by atoms with van der Waals surface area (Å²) in [4.78, 5) is 35.5. The number of benzene rings is 1. The predicted octanol–water partition coefficient (Wildman–Crippen LogP) is 6.31. The molecule has 270 valence electrons. The summed E-state index contributed by atoms with van der Waals surface area (Å²) in [5.74, 6) is -0.0738. The van der Waals surface area contributed by atoms with E-state index in [-0.39, 0.29) is 11.9 Å². The molecule has 2 atom stereocenters. The molecule has 0 radical (unpaired) electrons. The lowest BCUT2D eigenvalue weighted by Crippen LogP contribution is -2.38. The number of rotatable bonds is 14. The first-order valence-corrected chi connectivity index (χ1v) is 18.5. The first-order chi connectivity index (χ1) is 26.0. The van der Waals surface area contributed by atoms with Crippen LogP contribution in [0.2, 0.25) is 0 Å². The number of likely N-dealkylation sites (tertiary alicyclic amines) is 1. The van der Waals surface area contributed by atoms with Crippen LogP contribution in [0.3, 0.4) is 0 Å². The number of pyridine rings is 3. The average Bonchev–Trinajstić information content (AvgIpc) is 3.96. The van der Waals surface area contributed by atoms with E-state index in [0.717, 1.165) is 66.0 Å². The van der Waals surface area contributed by atoms with Gasteiger partial charge >= 0.3 is 0 Å². The molecular formula is C42H46N10O. The largest absolute Gasteiger partial charge is 0.404 e. The molecule has 1 fully saturated rings. The first-order valence-electron chi connectivity index (χ1n) is 18.5. The normalized spacial score (nSPS) is 15.5. The van der Waals surface area contributed by atoms with Gasteiger partial charge in [-0.3, -0.25) is 28.8 Å². The van der Waals surface area contributed by atoms with Gasteiger partial charge in [0.15, 0.2) is 0 Å². The number of hydrogen-bond acceptors (Lipinski definition) is 8. The number of likely N-dealkylation sites (N-methyl/N-ethyl adjacent to an activating group) is 1. The Hall–Kier alpha value is -5.94. The van der Waals surface area contributed by atoms with Crippen molar-refractivity contribution in [2.45, 2.75) is 58.2 Å². The van der Waals surface area contributed by atoms with E-state index in [1.807, 2.05) is 105 Å². The van der Waals surface area contributed by atoms with Crippen LogP contribution >= 0.6 is 0 Å². The molecule has 1 aliphatic rings. The van der Waals surface area contributed by atoms with E-state index in [1.165, 1.54) is 0 Å². The molecule has 0 bridgehead atoms. The molecule has 0 spiro atoms. The Kier molecular flexibility index (Phi) is 11.1. The number of nitrogens with one attached hydrogen (secondary N) is 1. The lowest BCUT2D eigenvalue weighted by atomic mass is 10.1. The Morgan fingerprint density at radius 3 is 2.60 bits per heavy atom. The molecular weight excluding hydrogens is 661 g/mol. The summed E-state index contributed by atoms with van der Waals surface area (Å²) in [5.41, 5.74) is 14.0. The van der Waals surface area contributed by atoms with E-state index < -0.39 is 0 Å². The van der Waals surface area contributed by atoms with Gasteiger partial charge in [0.05, 0.1) is 30.5 Å². The maximum atomic E-state index is 14.5. The highest BCUT2D eigenvalue weighted by Gasteiger charge is 2.33.